The van der Waals surface area contributed by atoms with Crippen molar-refractivity contribution in [2.24, 2.45) is 5.92 Å². The molecule has 1 saturated carbocycles. The molecule has 0 bridgehead atoms. The van der Waals surface area contributed by atoms with Gasteiger partial charge in [-0.1, -0.05) is 56.0 Å². The molecule has 0 spiro atoms. The van der Waals surface area contributed by atoms with Crippen LogP contribution in [0.1, 0.15) is 67.8 Å². The fourth-order valence-corrected chi connectivity index (χ4v) is 4.74. The van der Waals surface area contributed by atoms with Crippen LogP contribution in [0.4, 0.5) is 4.79 Å². The van der Waals surface area contributed by atoms with E-state index in [2.05, 4.69) is 0 Å². The fraction of sp³-hybridized carbons (Fsp3) is 0.542. The zero-order valence-corrected chi connectivity index (χ0v) is 17.9. The topological polar surface area (TPSA) is 73.5 Å². The molecule has 2 aromatic rings. The summed E-state index contributed by atoms with van der Waals surface area (Å²) in [5.74, 6) is 0.519. The van der Waals surface area contributed by atoms with Gasteiger partial charge in [-0.15, -0.1) is 0 Å². The molecular formula is C24H31N3O4. The van der Waals surface area contributed by atoms with E-state index >= 15 is 0 Å². The molecular weight excluding hydrogens is 394 g/mol. The Hall–Kier alpha value is -2.83. The number of ether oxygens (including phenoxy) is 1. The van der Waals surface area contributed by atoms with Gasteiger partial charge in [-0.25, -0.2) is 14.2 Å². The van der Waals surface area contributed by atoms with Crippen molar-refractivity contribution in [1.29, 1.82) is 0 Å². The van der Waals surface area contributed by atoms with Gasteiger partial charge in [0.25, 0.3) is 0 Å². The van der Waals surface area contributed by atoms with Crippen molar-refractivity contribution < 1.29 is 14.3 Å². The van der Waals surface area contributed by atoms with Crippen LogP contribution in [0.5, 0.6) is 0 Å². The lowest BCUT2D eigenvalue weighted by Crippen LogP contribution is -2.41. The summed E-state index contributed by atoms with van der Waals surface area (Å²) in [6, 6.07) is 9.59. The summed E-state index contributed by atoms with van der Waals surface area (Å²) in [7, 11) is 0. The second-order valence-corrected chi connectivity index (χ2v) is 8.70. The number of carbonyl (C=O) groups is 2. The van der Waals surface area contributed by atoms with Gasteiger partial charge in [0.15, 0.2) is 0 Å². The summed E-state index contributed by atoms with van der Waals surface area (Å²) in [5, 5.41) is 0. The van der Waals surface area contributed by atoms with Gasteiger partial charge in [-0.2, -0.15) is 0 Å². The quantitative estimate of drug-likeness (QED) is 0.694. The summed E-state index contributed by atoms with van der Waals surface area (Å²) in [6.07, 6.45) is 10.5. The fourth-order valence-electron chi connectivity index (χ4n) is 4.74. The molecule has 1 aromatic carbocycles. The first-order valence-electron chi connectivity index (χ1n) is 11.4. The molecule has 0 radical (unpaired) electrons. The normalized spacial score (nSPS) is 17.7. The second kappa shape index (κ2) is 9.98. The molecule has 1 aliphatic heterocycles. The van der Waals surface area contributed by atoms with E-state index in [4.69, 9.17) is 4.74 Å². The standard InChI is InChI=1S/C24H31N3O4/c28-22(11-10-19-6-4-5-7-19)27-17-16-26(23(27)29)21-12-14-25(15-13-21)24(30)31-18-20-8-2-1-3-9-20/h1-3,8-9,16-17,19,21H,4-7,10-15,18H2. The molecule has 2 fully saturated rings. The van der Waals surface area contributed by atoms with Gasteiger partial charge in [-0.3, -0.25) is 9.36 Å². The second-order valence-electron chi connectivity index (χ2n) is 8.70. The molecule has 7 heteroatoms. The van der Waals surface area contributed by atoms with E-state index in [1.165, 1.54) is 30.3 Å². The molecule has 166 valence electrons. The lowest BCUT2D eigenvalue weighted by Gasteiger charge is -2.31. The molecule has 0 N–H and O–H groups in total. The lowest BCUT2D eigenvalue weighted by atomic mass is 10.0. The highest BCUT2D eigenvalue weighted by Crippen LogP contribution is 2.28. The molecule has 1 aromatic heterocycles. The zero-order valence-electron chi connectivity index (χ0n) is 17.9. The molecule has 31 heavy (non-hydrogen) atoms. The minimum atomic E-state index is -0.325. The van der Waals surface area contributed by atoms with Crippen LogP contribution in [0.2, 0.25) is 0 Å². The number of aromatic nitrogens is 2. The van der Waals surface area contributed by atoms with E-state index in [0.717, 1.165) is 12.0 Å². The van der Waals surface area contributed by atoms with Crippen molar-refractivity contribution in [3.8, 4) is 0 Å². The average molecular weight is 426 g/mol. The number of hydrogen-bond donors (Lipinski definition) is 0. The SMILES string of the molecule is O=C(OCc1ccccc1)N1CCC(n2ccn(C(=O)CCC3CCCC3)c2=O)CC1. The Balaban J connectivity index is 1.27. The van der Waals surface area contributed by atoms with Crippen LogP contribution in [-0.4, -0.2) is 39.1 Å². The Bertz CT molecular complexity index is 935. The first kappa shape index (κ1) is 21.4. The van der Waals surface area contributed by atoms with E-state index in [1.54, 1.807) is 21.9 Å². The maximum absolute atomic E-state index is 12.8. The number of rotatable bonds is 6. The maximum atomic E-state index is 12.8. The number of carbonyl (C=O) groups excluding carboxylic acids is 2. The Morgan fingerprint density at radius 3 is 2.39 bits per heavy atom. The largest absolute Gasteiger partial charge is 0.445 e. The molecule has 0 atom stereocenters. The minimum Gasteiger partial charge on any atom is -0.445 e. The van der Waals surface area contributed by atoms with E-state index in [0.29, 0.717) is 38.3 Å². The number of nitrogens with zero attached hydrogens (tertiary/aromatic N) is 3. The molecule has 1 aliphatic carbocycles. The third-order valence-corrected chi connectivity index (χ3v) is 6.63. The van der Waals surface area contributed by atoms with Crippen molar-refractivity contribution in [3.05, 3.63) is 58.8 Å². The van der Waals surface area contributed by atoms with E-state index < -0.39 is 0 Å². The van der Waals surface area contributed by atoms with Crippen LogP contribution in [0.25, 0.3) is 0 Å². The van der Waals surface area contributed by atoms with Crippen molar-refractivity contribution in [3.63, 3.8) is 0 Å². The number of likely N-dealkylation sites (tertiary alicyclic amines) is 1. The van der Waals surface area contributed by atoms with Crippen molar-refractivity contribution in [2.75, 3.05) is 13.1 Å². The number of hydrogen-bond acceptors (Lipinski definition) is 4. The van der Waals surface area contributed by atoms with E-state index in [-0.39, 0.29) is 30.3 Å². The highest BCUT2D eigenvalue weighted by atomic mass is 16.6. The summed E-state index contributed by atoms with van der Waals surface area (Å²) < 4.78 is 8.32. The van der Waals surface area contributed by atoms with Crippen molar-refractivity contribution >= 4 is 12.0 Å². The Kier molecular flexibility index (Phi) is 6.89. The maximum Gasteiger partial charge on any atom is 0.410 e. The highest BCUT2D eigenvalue weighted by molar-refractivity contribution is 5.78. The molecule has 0 unspecified atom stereocenters. The minimum absolute atomic E-state index is 0.00504. The van der Waals surface area contributed by atoms with Gasteiger partial charge in [0.2, 0.25) is 5.91 Å². The molecule has 2 aliphatic rings. The van der Waals surface area contributed by atoms with E-state index in [1.807, 2.05) is 30.3 Å². The van der Waals surface area contributed by atoms with Crippen LogP contribution in [0.3, 0.4) is 0 Å². The van der Waals surface area contributed by atoms with E-state index in [9.17, 15) is 14.4 Å². The number of amides is 1. The van der Waals surface area contributed by atoms with Gasteiger partial charge in [0, 0.05) is 37.9 Å². The number of benzene rings is 1. The first-order valence-corrected chi connectivity index (χ1v) is 11.4. The lowest BCUT2D eigenvalue weighted by molar-refractivity contribution is 0.0827. The summed E-state index contributed by atoms with van der Waals surface area (Å²) in [6.45, 7) is 1.32. The van der Waals surface area contributed by atoms with Crippen molar-refractivity contribution in [2.45, 2.75) is 64.0 Å². The Labute approximate surface area is 182 Å². The van der Waals surface area contributed by atoms with Crippen LogP contribution in [0.15, 0.2) is 47.5 Å². The van der Waals surface area contributed by atoms with Crippen LogP contribution < -0.4 is 5.69 Å². The van der Waals surface area contributed by atoms with Gasteiger partial charge in [0.05, 0.1) is 0 Å². The predicted molar refractivity (Wildman–Crippen MR) is 117 cm³/mol. The predicted octanol–water partition coefficient (Wildman–Crippen LogP) is 4.23. The van der Waals surface area contributed by atoms with Crippen LogP contribution >= 0.6 is 0 Å². The Morgan fingerprint density at radius 2 is 1.68 bits per heavy atom. The summed E-state index contributed by atoms with van der Waals surface area (Å²) in [4.78, 5) is 39.3. The smallest absolute Gasteiger partial charge is 0.410 e. The molecule has 2 heterocycles. The molecule has 1 saturated heterocycles. The monoisotopic (exact) mass is 425 g/mol. The number of piperidine rings is 1. The third kappa shape index (κ3) is 5.27. The highest BCUT2D eigenvalue weighted by Gasteiger charge is 2.27. The van der Waals surface area contributed by atoms with Gasteiger partial charge in [0.1, 0.15) is 6.61 Å². The summed E-state index contributed by atoms with van der Waals surface area (Å²) >= 11 is 0. The molecule has 7 nitrogen and oxygen atoms in total. The van der Waals surface area contributed by atoms with Gasteiger partial charge in [-0.05, 0) is 30.7 Å². The first-order chi connectivity index (χ1) is 15.1. The molecule has 1 amide bonds. The number of imidazole rings is 1. The Morgan fingerprint density at radius 1 is 0.968 bits per heavy atom. The van der Waals surface area contributed by atoms with Gasteiger partial charge >= 0.3 is 11.8 Å². The van der Waals surface area contributed by atoms with Crippen molar-refractivity contribution in [1.82, 2.24) is 14.0 Å². The summed E-state index contributed by atoms with van der Waals surface area (Å²) in [5.41, 5.74) is 0.692. The third-order valence-electron chi connectivity index (χ3n) is 6.63. The zero-order chi connectivity index (χ0) is 21.6. The average Bonchev–Trinajstić information content (AvgIpc) is 3.46. The van der Waals surface area contributed by atoms with Crippen LogP contribution in [-0.2, 0) is 11.3 Å². The molecule has 4 rings (SSSR count). The van der Waals surface area contributed by atoms with Gasteiger partial charge < -0.3 is 9.64 Å². The van der Waals surface area contributed by atoms with Crippen LogP contribution in [0, 0.1) is 5.92 Å².